The van der Waals surface area contributed by atoms with E-state index in [4.69, 9.17) is 14.2 Å². The molecule has 0 spiro atoms. The fraction of sp³-hybridized carbons (Fsp3) is 0.500. The molecule has 0 aromatic heterocycles. The van der Waals surface area contributed by atoms with Crippen LogP contribution in [0.3, 0.4) is 0 Å². The number of esters is 2. The van der Waals surface area contributed by atoms with Crippen molar-refractivity contribution < 1.29 is 28.0 Å². The molecule has 1 fully saturated rings. The van der Waals surface area contributed by atoms with E-state index in [1.54, 1.807) is 7.11 Å². The van der Waals surface area contributed by atoms with Gasteiger partial charge in [0.25, 0.3) is 0 Å². The molecule has 1 aliphatic rings. The Morgan fingerprint density at radius 1 is 0.900 bits per heavy atom. The summed E-state index contributed by atoms with van der Waals surface area (Å²) in [5.41, 5.74) is -0.199. The van der Waals surface area contributed by atoms with E-state index in [-0.39, 0.29) is 32.6 Å². The number of hydrogen-bond donors (Lipinski definition) is 0. The Hall–Kier alpha value is -2.25. The van der Waals surface area contributed by atoms with Crippen LogP contribution in [0.4, 0.5) is 0 Å². The van der Waals surface area contributed by atoms with Crippen LogP contribution in [0, 0.1) is 12.3 Å². The zero-order chi connectivity index (χ0) is 29.3. The SMILES string of the molecule is COC(=O)C(CC(=C1CCCCC1)S(=O)c1ccc(C)cc1)(CC([Se]c1ccccc1)C(C)(C)OC)C(=O)OC. The third-order valence-corrected chi connectivity index (χ3v) is 12.6. The minimum atomic E-state index is -1.68. The van der Waals surface area contributed by atoms with Crippen LogP contribution in [0.25, 0.3) is 0 Å². The number of benzene rings is 2. The van der Waals surface area contributed by atoms with E-state index in [2.05, 4.69) is 12.1 Å². The van der Waals surface area contributed by atoms with Gasteiger partial charge in [-0.1, -0.05) is 0 Å². The molecule has 1 aliphatic carbocycles. The molecule has 6 nitrogen and oxygen atoms in total. The van der Waals surface area contributed by atoms with Crippen molar-refractivity contribution in [1.82, 2.24) is 0 Å². The molecule has 0 heterocycles. The molecule has 40 heavy (non-hydrogen) atoms. The monoisotopic (exact) mass is 634 g/mol. The van der Waals surface area contributed by atoms with Crippen LogP contribution in [0.1, 0.15) is 64.4 Å². The van der Waals surface area contributed by atoms with E-state index in [1.807, 2.05) is 63.2 Å². The molecule has 0 bridgehead atoms. The van der Waals surface area contributed by atoms with Crippen molar-refractivity contribution in [3.05, 3.63) is 70.6 Å². The van der Waals surface area contributed by atoms with Crippen molar-refractivity contribution in [2.75, 3.05) is 21.3 Å². The fourth-order valence-electron chi connectivity index (χ4n) is 5.06. The second-order valence-corrected chi connectivity index (χ2v) is 15.0. The normalized spacial score (nSPS) is 15.7. The molecular weight excluding hydrogens is 591 g/mol. The van der Waals surface area contributed by atoms with Gasteiger partial charge in [0, 0.05) is 0 Å². The van der Waals surface area contributed by atoms with Gasteiger partial charge in [0.05, 0.1) is 0 Å². The Morgan fingerprint density at radius 3 is 2.00 bits per heavy atom. The Morgan fingerprint density at radius 2 is 1.48 bits per heavy atom. The van der Waals surface area contributed by atoms with Gasteiger partial charge in [0.1, 0.15) is 0 Å². The number of hydrogen-bond acceptors (Lipinski definition) is 6. The number of rotatable bonds is 12. The summed E-state index contributed by atoms with van der Waals surface area (Å²) in [6.45, 7) is 5.94. The zero-order valence-corrected chi connectivity index (χ0v) is 27.0. The maximum atomic E-state index is 14.2. The zero-order valence-electron chi connectivity index (χ0n) is 24.5. The van der Waals surface area contributed by atoms with Gasteiger partial charge in [-0.3, -0.25) is 0 Å². The van der Waals surface area contributed by atoms with Crippen LogP contribution in [0.2, 0.25) is 4.82 Å². The fourth-order valence-corrected chi connectivity index (χ4v) is 9.48. The van der Waals surface area contributed by atoms with Crippen molar-refractivity contribution in [3.8, 4) is 0 Å². The summed E-state index contributed by atoms with van der Waals surface area (Å²) >= 11 is -0.150. The third kappa shape index (κ3) is 7.73. The number of carbonyl (C=O) groups is 2. The van der Waals surface area contributed by atoms with Gasteiger partial charge >= 0.3 is 249 Å². The van der Waals surface area contributed by atoms with Gasteiger partial charge in [0.15, 0.2) is 0 Å². The third-order valence-electron chi connectivity index (χ3n) is 7.78. The van der Waals surface area contributed by atoms with Crippen LogP contribution in [-0.4, -0.2) is 58.0 Å². The first-order valence-electron chi connectivity index (χ1n) is 13.7. The maximum absolute atomic E-state index is 14.2. The van der Waals surface area contributed by atoms with Gasteiger partial charge in [0.2, 0.25) is 0 Å². The second-order valence-electron chi connectivity index (χ2n) is 10.8. The van der Waals surface area contributed by atoms with Crippen molar-refractivity contribution in [2.45, 2.75) is 81.0 Å². The van der Waals surface area contributed by atoms with Gasteiger partial charge < -0.3 is 0 Å². The topological polar surface area (TPSA) is 78.9 Å². The molecule has 3 rings (SSSR count). The molecule has 2 atom stereocenters. The van der Waals surface area contributed by atoms with E-state index in [1.165, 1.54) is 14.2 Å². The molecule has 0 N–H and O–H groups in total. The molecule has 8 heteroatoms. The second kappa shape index (κ2) is 14.6. The summed E-state index contributed by atoms with van der Waals surface area (Å²) in [5.74, 6) is -1.34. The van der Waals surface area contributed by atoms with Gasteiger partial charge in [-0.2, -0.15) is 0 Å². The molecule has 0 saturated heterocycles. The van der Waals surface area contributed by atoms with Crippen LogP contribution in [-0.2, 0) is 34.6 Å². The van der Waals surface area contributed by atoms with E-state index in [0.29, 0.717) is 9.80 Å². The summed E-state index contributed by atoms with van der Waals surface area (Å²) in [6.07, 6.45) is 4.80. The van der Waals surface area contributed by atoms with Crippen molar-refractivity contribution in [2.24, 2.45) is 5.41 Å². The molecule has 0 radical (unpaired) electrons. The Labute approximate surface area is 247 Å². The minimum absolute atomic E-state index is 0.0245. The molecule has 2 aromatic rings. The van der Waals surface area contributed by atoms with E-state index >= 15 is 0 Å². The summed E-state index contributed by atoms with van der Waals surface area (Å²) in [6, 6.07) is 17.6. The molecule has 0 amide bonds. The van der Waals surface area contributed by atoms with E-state index in [9.17, 15) is 13.8 Å². The summed E-state index contributed by atoms with van der Waals surface area (Å²) in [7, 11) is 2.69. The molecular formula is C32H42O6SSe. The summed E-state index contributed by atoms with van der Waals surface area (Å²) in [4.78, 5) is 28.7. The van der Waals surface area contributed by atoms with Crippen molar-refractivity contribution in [3.63, 3.8) is 0 Å². The van der Waals surface area contributed by atoms with Crippen LogP contribution in [0.5, 0.6) is 0 Å². The first-order chi connectivity index (χ1) is 19.1. The molecule has 2 unspecified atom stereocenters. The standard InChI is InChI=1S/C32H42O6SSe/c1-23-17-19-25(20-18-23)39(35)27(24-13-9-7-10-14-24)21-32(29(33)36-4,30(34)37-5)22-28(31(2,3)38-6)40-26-15-11-8-12-16-26/h8,11-12,15-20,28H,7,9-10,13-14,21-22H2,1-6H3. The Kier molecular flexibility index (Phi) is 11.8. The van der Waals surface area contributed by atoms with Crippen LogP contribution >= 0.6 is 0 Å². The Balaban J connectivity index is 2.17. The van der Waals surface area contributed by atoms with Gasteiger partial charge in [-0.25, -0.2) is 0 Å². The quantitative estimate of drug-likeness (QED) is 0.170. The predicted molar refractivity (Wildman–Crippen MR) is 160 cm³/mol. The average molecular weight is 634 g/mol. The number of ether oxygens (including phenoxy) is 3. The number of aryl methyl sites for hydroxylation is 1. The van der Waals surface area contributed by atoms with Gasteiger partial charge in [-0.05, 0) is 0 Å². The Bertz CT molecular complexity index is 1180. The molecule has 1 saturated carbocycles. The number of methoxy groups -OCH3 is 3. The van der Waals surface area contributed by atoms with Gasteiger partial charge in [-0.15, -0.1) is 0 Å². The summed E-state index contributed by atoms with van der Waals surface area (Å²) < 4.78 is 31.9. The number of allylic oxidation sites excluding steroid dienone is 2. The van der Waals surface area contributed by atoms with Crippen molar-refractivity contribution >= 4 is 42.2 Å². The van der Waals surface area contributed by atoms with Crippen molar-refractivity contribution in [1.29, 1.82) is 0 Å². The number of carbonyl (C=O) groups excluding carboxylic acids is 2. The first kappa shape index (κ1) is 32.3. The molecule has 0 aliphatic heterocycles. The van der Waals surface area contributed by atoms with E-state index in [0.717, 1.165) is 47.7 Å². The van der Waals surface area contributed by atoms with Crippen LogP contribution < -0.4 is 4.46 Å². The molecule has 218 valence electrons. The average Bonchev–Trinajstić information content (AvgIpc) is 2.98. The first-order valence-corrected chi connectivity index (χ1v) is 16.7. The summed E-state index contributed by atoms with van der Waals surface area (Å²) in [5, 5.41) is 0. The van der Waals surface area contributed by atoms with E-state index < -0.39 is 33.8 Å². The van der Waals surface area contributed by atoms with Crippen LogP contribution in [0.15, 0.2) is 70.0 Å². The predicted octanol–water partition coefficient (Wildman–Crippen LogP) is 5.68. The molecule has 2 aromatic carbocycles.